The maximum Gasteiger partial charge on any atom is 0.305 e. The van der Waals surface area contributed by atoms with Crippen LogP contribution in [0.15, 0.2) is 12.2 Å². The third-order valence-corrected chi connectivity index (χ3v) is 1.55. The average Bonchev–Trinajstić information content (AvgIpc) is 2.22. The first-order valence-corrected chi connectivity index (χ1v) is 5.58. The number of carbonyl (C=O) groups is 4. The Balaban J connectivity index is 4.80. The van der Waals surface area contributed by atoms with Crippen LogP contribution in [0.4, 0.5) is 0 Å². The molecule has 20 heavy (non-hydrogen) atoms. The standard InChI is InChI=1S/C12H16O8/c1-7(13)17-11(18-8(2)14)5-6-12(19-9(3)15)20-10(4)16/h5-6,11-12H,1-4H3. The minimum atomic E-state index is -1.31. The molecule has 0 heterocycles. The van der Waals surface area contributed by atoms with Crippen molar-refractivity contribution in [2.24, 2.45) is 0 Å². The summed E-state index contributed by atoms with van der Waals surface area (Å²) >= 11 is 0. The van der Waals surface area contributed by atoms with Crippen molar-refractivity contribution >= 4 is 23.9 Å². The second kappa shape index (κ2) is 8.68. The highest BCUT2D eigenvalue weighted by Gasteiger charge is 2.15. The zero-order valence-corrected chi connectivity index (χ0v) is 11.6. The second-order valence-electron chi connectivity index (χ2n) is 3.56. The van der Waals surface area contributed by atoms with Gasteiger partial charge in [-0.2, -0.15) is 0 Å². The van der Waals surface area contributed by atoms with Crippen LogP contribution >= 0.6 is 0 Å². The lowest BCUT2D eigenvalue weighted by molar-refractivity contribution is -0.181. The van der Waals surface area contributed by atoms with E-state index in [4.69, 9.17) is 0 Å². The molecular weight excluding hydrogens is 272 g/mol. The van der Waals surface area contributed by atoms with Gasteiger partial charge in [0, 0.05) is 27.7 Å². The van der Waals surface area contributed by atoms with E-state index in [0.717, 1.165) is 39.8 Å². The molecule has 0 spiro atoms. The molecule has 112 valence electrons. The molecule has 8 nitrogen and oxygen atoms in total. The van der Waals surface area contributed by atoms with Crippen LogP contribution in [0.2, 0.25) is 0 Å². The van der Waals surface area contributed by atoms with E-state index >= 15 is 0 Å². The molecule has 0 aromatic heterocycles. The molecule has 0 aliphatic carbocycles. The van der Waals surface area contributed by atoms with Crippen LogP contribution in [-0.4, -0.2) is 36.5 Å². The first-order valence-electron chi connectivity index (χ1n) is 5.58. The molecule has 0 saturated heterocycles. The summed E-state index contributed by atoms with van der Waals surface area (Å²) in [5, 5.41) is 0. The Bertz CT molecular complexity index is 342. The van der Waals surface area contributed by atoms with Gasteiger partial charge in [-0.3, -0.25) is 19.2 Å². The lowest BCUT2D eigenvalue weighted by Gasteiger charge is -2.15. The van der Waals surface area contributed by atoms with Crippen molar-refractivity contribution < 1.29 is 38.1 Å². The van der Waals surface area contributed by atoms with Crippen LogP contribution in [0, 0.1) is 0 Å². The van der Waals surface area contributed by atoms with E-state index in [0.29, 0.717) is 0 Å². The Morgan fingerprint density at radius 2 is 0.800 bits per heavy atom. The molecule has 0 saturated carbocycles. The summed E-state index contributed by atoms with van der Waals surface area (Å²) in [4.78, 5) is 43.3. The molecule has 0 unspecified atom stereocenters. The lowest BCUT2D eigenvalue weighted by atomic mass is 10.4. The molecule has 0 radical (unpaired) electrons. The fourth-order valence-electron chi connectivity index (χ4n) is 1.04. The Labute approximate surface area is 115 Å². The maximum atomic E-state index is 10.8. The predicted octanol–water partition coefficient (Wildman–Crippen LogP) is 0.447. The van der Waals surface area contributed by atoms with Gasteiger partial charge in [-0.15, -0.1) is 0 Å². The zero-order valence-electron chi connectivity index (χ0n) is 11.6. The quantitative estimate of drug-likeness (QED) is 0.394. The van der Waals surface area contributed by atoms with Gasteiger partial charge in [0.05, 0.1) is 0 Å². The van der Waals surface area contributed by atoms with Crippen molar-refractivity contribution in [1.82, 2.24) is 0 Å². The van der Waals surface area contributed by atoms with E-state index in [1.807, 2.05) is 0 Å². The predicted molar refractivity (Wildman–Crippen MR) is 63.8 cm³/mol. The van der Waals surface area contributed by atoms with E-state index in [1.54, 1.807) is 0 Å². The van der Waals surface area contributed by atoms with Crippen molar-refractivity contribution in [3.05, 3.63) is 12.2 Å². The van der Waals surface area contributed by atoms with Gasteiger partial charge < -0.3 is 18.9 Å². The molecule has 0 N–H and O–H groups in total. The smallest absolute Gasteiger partial charge is 0.305 e. The molecule has 0 aromatic rings. The van der Waals surface area contributed by atoms with Gasteiger partial charge in [-0.25, -0.2) is 0 Å². The topological polar surface area (TPSA) is 105 Å². The molecule has 0 aromatic carbocycles. The monoisotopic (exact) mass is 288 g/mol. The molecule has 0 aliphatic heterocycles. The largest absolute Gasteiger partial charge is 0.421 e. The first kappa shape index (κ1) is 17.6. The number of esters is 4. The van der Waals surface area contributed by atoms with Crippen LogP contribution in [0.5, 0.6) is 0 Å². The van der Waals surface area contributed by atoms with E-state index in [-0.39, 0.29) is 0 Å². The summed E-state index contributed by atoms with van der Waals surface area (Å²) in [6.45, 7) is 4.50. The Morgan fingerprint density at radius 3 is 0.950 bits per heavy atom. The number of rotatable bonds is 6. The van der Waals surface area contributed by atoms with E-state index < -0.39 is 36.5 Å². The van der Waals surface area contributed by atoms with Crippen molar-refractivity contribution in [2.75, 3.05) is 0 Å². The Kier molecular flexibility index (Phi) is 7.64. The molecule has 0 fully saturated rings. The number of hydrogen-bond donors (Lipinski definition) is 0. The van der Waals surface area contributed by atoms with Gasteiger partial charge in [-0.1, -0.05) is 0 Å². The van der Waals surface area contributed by atoms with Crippen molar-refractivity contribution in [1.29, 1.82) is 0 Å². The Hall–Kier alpha value is -2.38. The van der Waals surface area contributed by atoms with Crippen LogP contribution in [-0.2, 0) is 38.1 Å². The molecule has 0 atom stereocenters. The van der Waals surface area contributed by atoms with Gasteiger partial charge in [0.25, 0.3) is 12.6 Å². The van der Waals surface area contributed by atoms with Crippen molar-refractivity contribution in [2.45, 2.75) is 40.3 Å². The van der Waals surface area contributed by atoms with E-state index in [2.05, 4.69) is 18.9 Å². The maximum absolute atomic E-state index is 10.8. The van der Waals surface area contributed by atoms with Crippen LogP contribution in [0.25, 0.3) is 0 Å². The molecule has 8 heteroatoms. The molecular formula is C12H16O8. The minimum Gasteiger partial charge on any atom is -0.421 e. The number of ether oxygens (including phenoxy) is 4. The van der Waals surface area contributed by atoms with Crippen LogP contribution in [0.3, 0.4) is 0 Å². The fourth-order valence-corrected chi connectivity index (χ4v) is 1.04. The normalized spacial score (nSPS) is 10.5. The van der Waals surface area contributed by atoms with Crippen LogP contribution < -0.4 is 0 Å². The summed E-state index contributed by atoms with van der Waals surface area (Å²) in [6.07, 6.45) is -0.393. The fraction of sp³-hybridized carbons (Fsp3) is 0.500. The lowest BCUT2D eigenvalue weighted by Crippen LogP contribution is -2.23. The minimum absolute atomic E-state index is 0.683. The summed E-state index contributed by atoms with van der Waals surface area (Å²) < 4.78 is 18.7. The van der Waals surface area contributed by atoms with E-state index in [1.165, 1.54) is 0 Å². The summed E-state index contributed by atoms with van der Waals surface area (Å²) in [7, 11) is 0. The van der Waals surface area contributed by atoms with Gasteiger partial charge in [-0.05, 0) is 12.2 Å². The summed E-state index contributed by atoms with van der Waals surface area (Å²) in [6, 6.07) is 0. The van der Waals surface area contributed by atoms with E-state index in [9.17, 15) is 19.2 Å². The first-order chi connectivity index (χ1) is 9.20. The number of carbonyl (C=O) groups excluding carboxylic acids is 4. The Morgan fingerprint density at radius 1 is 0.600 bits per heavy atom. The molecule has 0 rings (SSSR count). The van der Waals surface area contributed by atoms with Crippen molar-refractivity contribution in [3.63, 3.8) is 0 Å². The van der Waals surface area contributed by atoms with Crippen LogP contribution in [0.1, 0.15) is 27.7 Å². The number of hydrogen-bond acceptors (Lipinski definition) is 8. The summed E-state index contributed by atoms with van der Waals surface area (Å²) in [5.41, 5.74) is 0. The summed E-state index contributed by atoms with van der Waals surface area (Å²) in [5.74, 6) is -2.73. The van der Waals surface area contributed by atoms with Crippen molar-refractivity contribution in [3.8, 4) is 0 Å². The second-order valence-corrected chi connectivity index (χ2v) is 3.56. The highest BCUT2D eigenvalue weighted by atomic mass is 16.7. The average molecular weight is 288 g/mol. The van der Waals surface area contributed by atoms with Gasteiger partial charge in [0.15, 0.2) is 0 Å². The highest BCUT2D eigenvalue weighted by molar-refractivity contribution is 5.69. The van der Waals surface area contributed by atoms with Gasteiger partial charge >= 0.3 is 23.9 Å². The van der Waals surface area contributed by atoms with Gasteiger partial charge in [0.1, 0.15) is 0 Å². The third-order valence-electron chi connectivity index (χ3n) is 1.55. The third kappa shape index (κ3) is 9.63. The zero-order chi connectivity index (χ0) is 15.7. The molecule has 0 bridgehead atoms. The molecule has 0 aliphatic rings. The highest BCUT2D eigenvalue weighted by Crippen LogP contribution is 2.04. The molecule has 0 amide bonds. The van der Waals surface area contributed by atoms with Gasteiger partial charge in [0.2, 0.25) is 0 Å². The SMILES string of the molecule is CC(=O)OC(C=CC(OC(C)=O)OC(C)=O)OC(C)=O.